The summed E-state index contributed by atoms with van der Waals surface area (Å²) < 4.78 is 5.63. The van der Waals surface area contributed by atoms with E-state index in [1.807, 2.05) is 32.0 Å². The molecule has 1 aromatic carbocycles. The van der Waals surface area contributed by atoms with Crippen LogP contribution >= 0.6 is 11.6 Å². The highest BCUT2D eigenvalue weighted by atomic mass is 35.5. The second kappa shape index (κ2) is 8.50. The lowest BCUT2D eigenvalue weighted by Crippen LogP contribution is -2.27. The average Bonchev–Trinajstić information content (AvgIpc) is 2.34. The zero-order valence-electron chi connectivity index (χ0n) is 12.8. The first-order valence-electron chi connectivity index (χ1n) is 7.18. The SMILES string of the molecule is Cc1ccc(NCC(O)COC(C)CC(C)C)c(Cl)c1. The molecule has 0 bridgehead atoms. The van der Waals surface area contributed by atoms with Gasteiger partial charge in [0.2, 0.25) is 0 Å². The van der Waals surface area contributed by atoms with E-state index in [0.717, 1.165) is 17.7 Å². The number of aryl methyl sites for hydroxylation is 1. The lowest BCUT2D eigenvalue weighted by molar-refractivity contribution is -0.00443. The molecule has 2 atom stereocenters. The molecular weight excluding hydrogens is 274 g/mol. The molecule has 20 heavy (non-hydrogen) atoms. The number of halogens is 1. The molecule has 0 aliphatic rings. The average molecular weight is 300 g/mol. The van der Waals surface area contributed by atoms with E-state index in [1.165, 1.54) is 0 Å². The van der Waals surface area contributed by atoms with Crippen molar-refractivity contribution in [3.8, 4) is 0 Å². The Hall–Kier alpha value is -0.770. The van der Waals surface area contributed by atoms with Crippen LogP contribution in [0.1, 0.15) is 32.8 Å². The monoisotopic (exact) mass is 299 g/mol. The molecule has 2 N–H and O–H groups in total. The molecule has 0 saturated carbocycles. The Kier molecular flexibility index (Phi) is 7.35. The molecule has 0 radical (unpaired) electrons. The summed E-state index contributed by atoms with van der Waals surface area (Å²) >= 11 is 6.12. The van der Waals surface area contributed by atoms with Gasteiger partial charge in [-0.25, -0.2) is 0 Å². The Labute approximate surface area is 127 Å². The molecule has 0 aliphatic carbocycles. The lowest BCUT2D eigenvalue weighted by Gasteiger charge is -2.19. The first-order valence-corrected chi connectivity index (χ1v) is 7.56. The van der Waals surface area contributed by atoms with Gasteiger partial charge in [-0.05, 0) is 43.9 Å². The first kappa shape index (κ1) is 17.3. The highest BCUT2D eigenvalue weighted by molar-refractivity contribution is 6.33. The van der Waals surface area contributed by atoms with Gasteiger partial charge >= 0.3 is 0 Å². The Morgan fingerprint density at radius 3 is 2.60 bits per heavy atom. The fourth-order valence-corrected chi connectivity index (χ4v) is 2.36. The summed E-state index contributed by atoms with van der Waals surface area (Å²) in [5, 5.41) is 13.7. The smallest absolute Gasteiger partial charge is 0.0945 e. The number of hydrogen-bond donors (Lipinski definition) is 2. The molecule has 4 heteroatoms. The van der Waals surface area contributed by atoms with E-state index in [-0.39, 0.29) is 6.10 Å². The zero-order chi connectivity index (χ0) is 15.1. The number of anilines is 1. The van der Waals surface area contributed by atoms with E-state index in [1.54, 1.807) is 0 Å². The van der Waals surface area contributed by atoms with E-state index >= 15 is 0 Å². The highest BCUT2D eigenvalue weighted by Gasteiger charge is 2.10. The molecule has 1 rings (SSSR count). The van der Waals surface area contributed by atoms with Crippen LogP contribution in [-0.4, -0.2) is 30.5 Å². The third-order valence-electron chi connectivity index (χ3n) is 3.03. The van der Waals surface area contributed by atoms with Crippen molar-refractivity contribution in [3.63, 3.8) is 0 Å². The van der Waals surface area contributed by atoms with Crippen LogP contribution in [0.25, 0.3) is 0 Å². The number of rotatable bonds is 8. The van der Waals surface area contributed by atoms with Gasteiger partial charge in [-0.2, -0.15) is 0 Å². The summed E-state index contributed by atoms with van der Waals surface area (Å²) in [6.45, 7) is 9.13. The van der Waals surface area contributed by atoms with E-state index in [9.17, 15) is 5.11 Å². The summed E-state index contributed by atoms with van der Waals surface area (Å²) in [5.74, 6) is 0.603. The van der Waals surface area contributed by atoms with Crippen molar-refractivity contribution in [2.75, 3.05) is 18.5 Å². The fraction of sp³-hybridized carbons (Fsp3) is 0.625. The molecule has 3 nitrogen and oxygen atoms in total. The van der Waals surface area contributed by atoms with Gasteiger partial charge in [-0.1, -0.05) is 31.5 Å². The summed E-state index contributed by atoms with van der Waals surface area (Å²) in [6, 6.07) is 5.81. The topological polar surface area (TPSA) is 41.5 Å². The van der Waals surface area contributed by atoms with Crippen molar-refractivity contribution in [1.29, 1.82) is 0 Å². The maximum Gasteiger partial charge on any atom is 0.0945 e. The van der Waals surface area contributed by atoms with E-state index in [0.29, 0.717) is 24.1 Å². The summed E-state index contributed by atoms with van der Waals surface area (Å²) in [4.78, 5) is 0. The number of hydrogen-bond acceptors (Lipinski definition) is 3. The third-order valence-corrected chi connectivity index (χ3v) is 3.34. The lowest BCUT2D eigenvalue weighted by atomic mass is 10.1. The van der Waals surface area contributed by atoms with Crippen molar-refractivity contribution < 1.29 is 9.84 Å². The summed E-state index contributed by atoms with van der Waals surface area (Å²) in [5.41, 5.74) is 1.96. The van der Waals surface area contributed by atoms with Crippen LogP contribution in [0.2, 0.25) is 5.02 Å². The van der Waals surface area contributed by atoms with Gasteiger partial charge in [-0.15, -0.1) is 0 Å². The van der Waals surface area contributed by atoms with Crippen LogP contribution < -0.4 is 5.32 Å². The number of nitrogens with one attached hydrogen (secondary N) is 1. The van der Waals surface area contributed by atoms with Crippen LogP contribution in [0.5, 0.6) is 0 Å². The van der Waals surface area contributed by atoms with Gasteiger partial charge < -0.3 is 15.2 Å². The molecule has 0 aromatic heterocycles. The van der Waals surface area contributed by atoms with Gasteiger partial charge in [0.15, 0.2) is 0 Å². The molecule has 0 amide bonds. The number of aliphatic hydroxyl groups excluding tert-OH is 1. The van der Waals surface area contributed by atoms with Crippen LogP contribution in [0.3, 0.4) is 0 Å². The maximum atomic E-state index is 9.91. The number of ether oxygens (including phenoxy) is 1. The maximum absolute atomic E-state index is 9.91. The van der Waals surface area contributed by atoms with Crippen molar-refractivity contribution >= 4 is 17.3 Å². The minimum absolute atomic E-state index is 0.174. The fourth-order valence-electron chi connectivity index (χ4n) is 2.06. The molecule has 114 valence electrons. The van der Waals surface area contributed by atoms with Gasteiger partial charge in [0.1, 0.15) is 0 Å². The van der Waals surface area contributed by atoms with Gasteiger partial charge in [-0.3, -0.25) is 0 Å². The molecule has 1 aromatic rings. The Balaban J connectivity index is 2.30. The van der Waals surface area contributed by atoms with Crippen LogP contribution in [0.15, 0.2) is 18.2 Å². The van der Waals surface area contributed by atoms with Gasteiger partial charge in [0.05, 0.1) is 29.5 Å². The summed E-state index contributed by atoms with van der Waals surface area (Å²) in [7, 11) is 0. The van der Waals surface area contributed by atoms with Crippen LogP contribution in [0, 0.1) is 12.8 Å². The van der Waals surface area contributed by atoms with Crippen molar-refractivity contribution in [1.82, 2.24) is 0 Å². The molecule has 2 unspecified atom stereocenters. The Morgan fingerprint density at radius 1 is 1.30 bits per heavy atom. The molecule has 0 heterocycles. The zero-order valence-corrected chi connectivity index (χ0v) is 13.6. The predicted octanol–water partition coefficient (Wildman–Crippen LogP) is 3.87. The van der Waals surface area contributed by atoms with Crippen molar-refractivity contribution in [3.05, 3.63) is 28.8 Å². The molecule has 0 aliphatic heterocycles. The van der Waals surface area contributed by atoms with Crippen molar-refractivity contribution in [2.45, 2.75) is 46.3 Å². The second-order valence-electron chi connectivity index (χ2n) is 5.79. The van der Waals surface area contributed by atoms with Gasteiger partial charge in [0.25, 0.3) is 0 Å². The van der Waals surface area contributed by atoms with E-state index in [4.69, 9.17) is 16.3 Å². The molecule has 0 fully saturated rings. The normalized spacial score (nSPS) is 14.3. The highest BCUT2D eigenvalue weighted by Crippen LogP contribution is 2.22. The van der Waals surface area contributed by atoms with Crippen molar-refractivity contribution in [2.24, 2.45) is 5.92 Å². The van der Waals surface area contributed by atoms with E-state index < -0.39 is 6.10 Å². The second-order valence-corrected chi connectivity index (χ2v) is 6.20. The standard InChI is InChI=1S/C16H26ClNO2/c1-11(2)7-13(4)20-10-14(19)9-18-16-6-5-12(3)8-15(16)17/h5-6,8,11,13-14,18-19H,7,9-10H2,1-4H3. The van der Waals surface area contributed by atoms with Crippen LogP contribution in [0.4, 0.5) is 5.69 Å². The van der Waals surface area contributed by atoms with Gasteiger partial charge in [0, 0.05) is 6.54 Å². The molecule has 0 saturated heterocycles. The quantitative estimate of drug-likeness (QED) is 0.765. The number of aliphatic hydroxyl groups is 1. The first-order chi connectivity index (χ1) is 9.38. The largest absolute Gasteiger partial charge is 0.389 e. The predicted molar refractivity (Wildman–Crippen MR) is 85.6 cm³/mol. The molecular formula is C16H26ClNO2. The summed E-state index contributed by atoms with van der Waals surface area (Å²) in [6.07, 6.45) is 0.638. The Bertz CT molecular complexity index is 409. The van der Waals surface area contributed by atoms with E-state index in [2.05, 4.69) is 19.2 Å². The third kappa shape index (κ3) is 6.60. The minimum atomic E-state index is -0.540. The molecule has 0 spiro atoms. The number of benzene rings is 1. The Morgan fingerprint density at radius 2 is 2.00 bits per heavy atom. The van der Waals surface area contributed by atoms with Crippen LogP contribution in [-0.2, 0) is 4.74 Å². The minimum Gasteiger partial charge on any atom is -0.389 e.